The Morgan fingerprint density at radius 3 is 2.38 bits per heavy atom. The van der Waals surface area contributed by atoms with Crippen molar-refractivity contribution >= 4 is 17.8 Å². The van der Waals surface area contributed by atoms with Gasteiger partial charge in [0, 0.05) is 26.2 Å². The van der Waals surface area contributed by atoms with Gasteiger partial charge in [-0.25, -0.2) is 4.79 Å². The number of nitrogens with one attached hydrogen (secondary N) is 1. The van der Waals surface area contributed by atoms with Gasteiger partial charge in [-0.2, -0.15) is 0 Å². The van der Waals surface area contributed by atoms with E-state index in [1.807, 2.05) is 29.2 Å². The lowest BCUT2D eigenvalue weighted by Crippen LogP contribution is -2.73. The van der Waals surface area contributed by atoms with Crippen molar-refractivity contribution in [3.8, 4) is 11.1 Å². The van der Waals surface area contributed by atoms with E-state index < -0.39 is 17.6 Å². The maximum Gasteiger partial charge on any atom is 0.335 e. The van der Waals surface area contributed by atoms with E-state index in [4.69, 9.17) is 0 Å². The zero-order chi connectivity index (χ0) is 28.7. The Balaban J connectivity index is 1.44. The van der Waals surface area contributed by atoms with Gasteiger partial charge >= 0.3 is 5.97 Å². The lowest BCUT2D eigenvalue weighted by atomic mass is 9.80. The Hall–Kier alpha value is -3.19. The number of carbonyl (C=O) groups excluding carboxylic acids is 2. The SMILES string of the molecule is CCCCN1C(=O)[C@H](CC(CC)CCC)NC(=O)C12CCN(Cc1cccc(-c3ccc(C(=O)O)cc3)c1)CC2. The fraction of sp³-hybridized carbons (Fsp3) is 0.545. The van der Waals surface area contributed by atoms with Gasteiger partial charge in [-0.15, -0.1) is 0 Å². The van der Waals surface area contributed by atoms with Crippen molar-refractivity contribution in [2.45, 2.75) is 90.3 Å². The third-order valence-corrected chi connectivity index (χ3v) is 8.87. The molecule has 216 valence electrons. The van der Waals surface area contributed by atoms with Crippen LogP contribution in [0.1, 0.15) is 88.1 Å². The summed E-state index contributed by atoms with van der Waals surface area (Å²) in [4.78, 5) is 43.0. The predicted molar refractivity (Wildman–Crippen MR) is 158 cm³/mol. The zero-order valence-electron chi connectivity index (χ0n) is 24.3. The molecule has 4 rings (SSSR count). The first-order valence-corrected chi connectivity index (χ1v) is 15.1. The topological polar surface area (TPSA) is 90.0 Å². The van der Waals surface area contributed by atoms with Gasteiger partial charge in [-0.3, -0.25) is 14.5 Å². The van der Waals surface area contributed by atoms with Crippen molar-refractivity contribution in [2.75, 3.05) is 19.6 Å². The first kappa shape index (κ1) is 29.8. The van der Waals surface area contributed by atoms with Crippen LogP contribution >= 0.6 is 0 Å². The van der Waals surface area contributed by atoms with Crippen molar-refractivity contribution in [1.29, 1.82) is 0 Å². The molecule has 2 aliphatic heterocycles. The molecule has 2 fully saturated rings. The van der Waals surface area contributed by atoms with Crippen LogP contribution < -0.4 is 5.32 Å². The summed E-state index contributed by atoms with van der Waals surface area (Å²) in [6, 6.07) is 14.9. The number of hydrogen-bond acceptors (Lipinski definition) is 4. The number of piperazine rings is 1. The van der Waals surface area contributed by atoms with Gasteiger partial charge in [0.2, 0.25) is 11.8 Å². The number of carboxylic acids is 1. The van der Waals surface area contributed by atoms with Crippen LogP contribution in [0.5, 0.6) is 0 Å². The second kappa shape index (κ2) is 13.4. The summed E-state index contributed by atoms with van der Waals surface area (Å²) in [5.41, 5.74) is 2.72. The summed E-state index contributed by atoms with van der Waals surface area (Å²) in [6.45, 7) is 9.38. The van der Waals surface area contributed by atoms with Gasteiger partial charge in [-0.1, -0.05) is 76.8 Å². The minimum atomic E-state index is -0.929. The number of carbonyl (C=O) groups is 3. The fourth-order valence-electron chi connectivity index (χ4n) is 6.40. The normalized spacial score (nSPS) is 20.0. The number of unbranched alkanes of at least 4 members (excludes halogenated alkanes) is 1. The molecule has 0 aliphatic carbocycles. The number of carboxylic acid groups (broad SMARTS) is 1. The van der Waals surface area contributed by atoms with E-state index in [-0.39, 0.29) is 17.4 Å². The van der Waals surface area contributed by atoms with Gasteiger partial charge in [-0.05, 0) is 66.5 Å². The highest BCUT2D eigenvalue weighted by molar-refractivity contribution is 6.00. The molecule has 1 spiro atoms. The van der Waals surface area contributed by atoms with Crippen molar-refractivity contribution in [2.24, 2.45) is 5.92 Å². The number of piperidine rings is 1. The molecule has 2 heterocycles. The molecular formula is C33H45N3O4. The second-order valence-corrected chi connectivity index (χ2v) is 11.6. The van der Waals surface area contributed by atoms with Gasteiger partial charge in [0.25, 0.3) is 0 Å². The van der Waals surface area contributed by atoms with Crippen LogP contribution in [0.25, 0.3) is 11.1 Å². The zero-order valence-corrected chi connectivity index (χ0v) is 24.3. The summed E-state index contributed by atoms with van der Waals surface area (Å²) in [7, 11) is 0. The van der Waals surface area contributed by atoms with Crippen LogP contribution in [0, 0.1) is 5.92 Å². The Morgan fingerprint density at radius 2 is 1.75 bits per heavy atom. The molecule has 0 saturated carbocycles. The molecule has 2 amide bonds. The number of amides is 2. The minimum absolute atomic E-state index is 0.0333. The first-order valence-electron chi connectivity index (χ1n) is 15.1. The molecule has 0 aromatic heterocycles. The van der Waals surface area contributed by atoms with E-state index >= 15 is 0 Å². The quantitative estimate of drug-likeness (QED) is 0.354. The standard InChI is InChI=1S/C33H45N3O4/c1-4-7-18-36-30(37)29(22-24(6-3)9-5-2)34-32(40)33(36)16-19-35(20-17-33)23-25-10-8-11-28(21-25)26-12-14-27(15-13-26)31(38)39/h8,10-15,21,24,29H,4-7,9,16-20,22-23H2,1-3H3,(H,34,40)(H,38,39)/t24?,29-/m0/s1. The van der Waals surface area contributed by atoms with Crippen LogP contribution in [0.4, 0.5) is 0 Å². The van der Waals surface area contributed by atoms with Crippen molar-refractivity contribution in [1.82, 2.24) is 15.1 Å². The Morgan fingerprint density at radius 1 is 1.02 bits per heavy atom. The molecule has 1 unspecified atom stereocenters. The lowest BCUT2D eigenvalue weighted by molar-refractivity contribution is -0.162. The van der Waals surface area contributed by atoms with Crippen molar-refractivity contribution < 1.29 is 19.5 Å². The Labute approximate surface area is 238 Å². The van der Waals surface area contributed by atoms with E-state index in [1.165, 1.54) is 5.56 Å². The highest BCUT2D eigenvalue weighted by Crippen LogP contribution is 2.35. The maximum absolute atomic E-state index is 13.8. The number of aromatic carboxylic acids is 1. The monoisotopic (exact) mass is 547 g/mol. The largest absolute Gasteiger partial charge is 0.478 e. The van der Waals surface area contributed by atoms with Gasteiger partial charge in [0.05, 0.1) is 5.56 Å². The molecule has 0 radical (unpaired) electrons. The summed E-state index contributed by atoms with van der Waals surface area (Å²) >= 11 is 0. The van der Waals surface area contributed by atoms with Crippen LogP contribution in [-0.4, -0.2) is 63.9 Å². The number of benzene rings is 2. The summed E-state index contributed by atoms with van der Waals surface area (Å²) < 4.78 is 0. The smallest absolute Gasteiger partial charge is 0.335 e. The molecule has 7 heteroatoms. The molecule has 40 heavy (non-hydrogen) atoms. The van der Waals surface area contributed by atoms with Crippen LogP contribution in [0.2, 0.25) is 0 Å². The molecule has 0 bridgehead atoms. The second-order valence-electron chi connectivity index (χ2n) is 11.6. The molecule has 2 aromatic carbocycles. The van der Waals surface area contributed by atoms with Gasteiger partial charge in [0.15, 0.2) is 0 Å². The minimum Gasteiger partial charge on any atom is -0.478 e. The highest BCUT2D eigenvalue weighted by Gasteiger charge is 2.53. The maximum atomic E-state index is 13.8. The molecule has 2 N–H and O–H groups in total. The van der Waals surface area contributed by atoms with Crippen LogP contribution in [-0.2, 0) is 16.1 Å². The molecule has 2 atom stereocenters. The van der Waals surface area contributed by atoms with Crippen molar-refractivity contribution in [3.05, 3.63) is 59.7 Å². The van der Waals surface area contributed by atoms with E-state index in [1.54, 1.807) is 12.1 Å². The number of nitrogens with zero attached hydrogens (tertiary/aromatic N) is 2. The van der Waals surface area contributed by atoms with E-state index in [0.717, 1.165) is 69.3 Å². The third kappa shape index (κ3) is 6.57. The van der Waals surface area contributed by atoms with Crippen LogP contribution in [0.3, 0.4) is 0 Å². The molecule has 7 nitrogen and oxygen atoms in total. The van der Waals surface area contributed by atoms with E-state index in [0.29, 0.717) is 25.3 Å². The molecule has 2 aromatic rings. The fourth-order valence-corrected chi connectivity index (χ4v) is 6.40. The summed E-state index contributed by atoms with van der Waals surface area (Å²) in [6.07, 6.45) is 7.11. The number of hydrogen-bond donors (Lipinski definition) is 2. The van der Waals surface area contributed by atoms with Gasteiger partial charge < -0.3 is 15.3 Å². The third-order valence-electron chi connectivity index (χ3n) is 8.87. The van der Waals surface area contributed by atoms with E-state index in [2.05, 4.69) is 43.1 Å². The average Bonchev–Trinajstić information content (AvgIpc) is 2.97. The van der Waals surface area contributed by atoms with Crippen LogP contribution in [0.15, 0.2) is 48.5 Å². The number of likely N-dealkylation sites (tertiary alicyclic amines) is 1. The van der Waals surface area contributed by atoms with E-state index in [9.17, 15) is 19.5 Å². The predicted octanol–water partition coefficient (Wildman–Crippen LogP) is 5.73. The summed E-state index contributed by atoms with van der Waals surface area (Å²) in [5.74, 6) is -0.334. The summed E-state index contributed by atoms with van der Waals surface area (Å²) in [5, 5.41) is 12.4. The first-order chi connectivity index (χ1) is 19.3. The van der Waals surface area contributed by atoms with Crippen molar-refractivity contribution in [3.63, 3.8) is 0 Å². The molecule has 2 aliphatic rings. The molecular weight excluding hydrogens is 502 g/mol. The Bertz CT molecular complexity index is 1170. The average molecular weight is 548 g/mol. The number of rotatable bonds is 12. The Kier molecular flexibility index (Phi) is 10.0. The van der Waals surface area contributed by atoms with Gasteiger partial charge in [0.1, 0.15) is 11.6 Å². The lowest BCUT2D eigenvalue weighted by Gasteiger charge is -2.52. The molecule has 2 saturated heterocycles. The highest BCUT2D eigenvalue weighted by atomic mass is 16.4.